The molecule has 0 aromatic heterocycles. The quantitative estimate of drug-likeness (QED) is 0.884. The number of carbonyl (C=O) groups is 1. The Hall–Kier alpha value is -1.91. The fraction of sp³-hybridized carbons (Fsp3) is 0.500. The molecule has 5 heteroatoms. The molecule has 0 bridgehead atoms. The molecule has 1 aliphatic carbocycles. The molecule has 0 unspecified atom stereocenters. The highest BCUT2D eigenvalue weighted by Gasteiger charge is 2.22. The number of methoxy groups -OCH3 is 3. The molecule has 1 amide bonds. The third kappa shape index (κ3) is 2.75. The van der Waals surface area contributed by atoms with Crippen molar-refractivity contribution in [3.8, 4) is 17.2 Å². The van der Waals surface area contributed by atoms with E-state index in [-0.39, 0.29) is 5.91 Å². The van der Waals surface area contributed by atoms with E-state index < -0.39 is 0 Å². The molecule has 0 radical (unpaired) electrons. The number of amides is 1. The number of rotatable bonds is 5. The Morgan fingerprint density at radius 3 is 2.05 bits per heavy atom. The van der Waals surface area contributed by atoms with Crippen molar-refractivity contribution in [2.45, 2.75) is 25.3 Å². The van der Waals surface area contributed by atoms with Crippen molar-refractivity contribution in [1.82, 2.24) is 5.32 Å². The average Bonchev–Trinajstić information content (AvgIpc) is 2.40. The lowest BCUT2D eigenvalue weighted by Gasteiger charge is -2.26. The lowest BCUT2D eigenvalue weighted by Crippen LogP contribution is -2.39. The number of carbonyl (C=O) groups excluding carboxylic acids is 1. The monoisotopic (exact) mass is 265 g/mol. The SMILES string of the molecule is COc1cc(C(=O)NC2CCC2)cc(OC)c1OC. The maximum atomic E-state index is 12.1. The summed E-state index contributed by atoms with van der Waals surface area (Å²) in [4.78, 5) is 12.1. The predicted octanol–water partition coefficient (Wildman–Crippen LogP) is 1.99. The van der Waals surface area contributed by atoms with E-state index in [0.717, 1.165) is 12.8 Å². The maximum absolute atomic E-state index is 12.1. The first-order valence-electron chi connectivity index (χ1n) is 6.30. The van der Waals surface area contributed by atoms with Crippen molar-refractivity contribution in [1.29, 1.82) is 0 Å². The van der Waals surface area contributed by atoms with Gasteiger partial charge in [-0.1, -0.05) is 0 Å². The van der Waals surface area contributed by atoms with E-state index in [4.69, 9.17) is 14.2 Å². The summed E-state index contributed by atoms with van der Waals surface area (Å²) in [7, 11) is 4.60. The topological polar surface area (TPSA) is 56.8 Å². The van der Waals surface area contributed by atoms with E-state index in [9.17, 15) is 4.79 Å². The minimum Gasteiger partial charge on any atom is -0.493 e. The van der Waals surface area contributed by atoms with Gasteiger partial charge in [0.2, 0.25) is 5.75 Å². The Labute approximate surface area is 112 Å². The second-order valence-corrected chi connectivity index (χ2v) is 4.52. The molecule has 0 spiro atoms. The number of benzene rings is 1. The summed E-state index contributed by atoms with van der Waals surface area (Å²) < 4.78 is 15.7. The van der Waals surface area contributed by atoms with Crippen molar-refractivity contribution < 1.29 is 19.0 Å². The molecule has 0 saturated heterocycles. The summed E-state index contributed by atoms with van der Waals surface area (Å²) in [5, 5.41) is 2.98. The van der Waals surface area contributed by atoms with Gasteiger partial charge in [-0.2, -0.15) is 0 Å². The van der Waals surface area contributed by atoms with E-state index in [1.165, 1.54) is 27.8 Å². The second kappa shape index (κ2) is 5.82. The van der Waals surface area contributed by atoms with Crippen LogP contribution in [0.3, 0.4) is 0 Å². The Balaban J connectivity index is 2.26. The van der Waals surface area contributed by atoms with Crippen LogP contribution in [0, 0.1) is 0 Å². The first-order chi connectivity index (χ1) is 9.19. The van der Waals surface area contributed by atoms with E-state index in [1.807, 2.05) is 0 Å². The van der Waals surface area contributed by atoms with Crippen molar-refractivity contribution in [2.75, 3.05) is 21.3 Å². The van der Waals surface area contributed by atoms with Gasteiger partial charge in [-0.05, 0) is 31.4 Å². The van der Waals surface area contributed by atoms with Crippen molar-refractivity contribution >= 4 is 5.91 Å². The maximum Gasteiger partial charge on any atom is 0.251 e. The Kier molecular flexibility index (Phi) is 4.14. The normalized spacial score (nSPS) is 14.5. The second-order valence-electron chi connectivity index (χ2n) is 4.52. The minimum absolute atomic E-state index is 0.107. The van der Waals surface area contributed by atoms with Gasteiger partial charge in [0.25, 0.3) is 5.91 Å². The average molecular weight is 265 g/mol. The summed E-state index contributed by atoms with van der Waals surface area (Å²) in [6.45, 7) is 0. The molecule has 1 aromatic carbocycles. The lowest BCUT2D eigenvalue weighted by atomic mass is 9.93. The van der Waals surface area contributed by atoms with Crippen LogP contribution in [0.25, 0.3) is 0 Å². The first kappa shape index (κ1) is 13.5. The largest absolute Gasteiger partial charge is 0.493 e. The fourth-order valence-electron chi connectivity index (χ4n) is 2.03. The van der Waals surface area contributed by atoms with Crippen LogP contribution in [0.1, 0.15) is 29.6 Å². The highest BCUT2D eigenvalue weighted by molar-refractivity contribution is 5.95. The van der Waals surface area contributed by atoms with Crippen LogP contribution in [0.15, 0.2) is 12.1 Å². The van der Waals surface area contributed by atoms with Crippen molar-refractivity contribution in [3.63, 3.8) is 0 Å². The molecular formula is C14H19NO4. The summed E-state index contributed by atoms with van der Waals surface area (Å²) >= 11 is 0. The summed E-state index contributed by atoms with van der Waals surface area (Å²) in [5.74, 6) is 1.36. The zero-order valence-electron chi connectivity index (χ0n) is 11.5. The van der Waals surface area contributed by atoms with E-state index >= 15 is 0 Å². The summed E-state index contributed by atoms with van der Waals surface area (Å²) in [6, 6.07) is 3.62. The first-order valence-corrected chi connectivity index (χ1v) is 6.30. The Morgan fingerprint density at radius 1 is 1.11 bits per heavy atom. The molecule has 1 aromatic rings. The number of nitrogens with one attached hydrogen (secondary N) is 1. The van der Waals surface area contributed by atoms with Gasteiger partial charge in [-0.15, -0.1) is 0 Å². The van der Waals surface area contributed by atoms with E-state index in [2.05, 4.69) is 5.32 Å². The third-order valence-corrected chi connectivity index (χ3v) is 3.37. The van der Waals surface area contributed by atoms with Crippen molar-refractivity contribution in [2.24, 2.45) is 0 Å². The molecule has 1 saturated carbocycles. The number of hydrogen-bond donors (Lipinski definition) is 1. The van der Waals surface area contributed by atoms with Crippen LogP contribution in [0.5, 0.6) is 17.2 Å². The smallest absolute Gasteiger partial charge is 0.251 e. The third-order valence-electron chi connectivity index (χ3n) is 3.37. The molecule has 1 aliphatic rings. The molecule has 104 valence electrons. The van der Waals surface area contributed by atoms with Gasteiger partial charge in [-0.3, -0.25) is 4.79 Å². The Morgan fingerprint density at radius 2 is 1.68 bits per heavy atom. The van der Waals surface area contributed by atoms with Gasteiger partial charge in [0.05, 0.1) is 21.3 Å². The summed E-state index contributed by atoms with van der Waals surface area (Å²) in [6.07, 6.45) is 3.28. The molecule has 1 fully saturated rings. The van der Waals surface area contributed by atoms with Crippen LogP contribution in [0.4, 0.5) is 0 Å². The molecular weight excluding hydrogens is 246 g/mol. The summed E-state index contributed by atoms with van der Waals surface area (Å²) in [5.41, 5.74) is 0.515. The van der Waals surface area contributed by atoms with Crippen LogP contribution >= 0.6 is 0 Å². The highest BCUT2D eigenvalue weighted by Crippen LogP contribution is 2.38. The predicted molar refractivity (Wildman–Crippen MR) is 71.2 cm³/mol. The van der Waals surface area contributed by atoms with Crippen LogP contribution in [0.2, 0.25) is 0 Å². The highest BCUT2D eigenvalue weighted by atomic mass is 16.5. The van der Waals surface area contributed by atoms with E-state index in [1.54, 1.807) is 12.1 Å². The van der Waals surface area contributed by atoms with Crippen LogP contribution in [-0.2, 0) is 0 Å². The molecule has 1 N–H and O–H groups in total. The van der Waals surface area contributed by atoms with Gasteiger partial charge < -0.3 is 19.5 Å². The molecule has 0 aliphatic heterocycles. The van der Waals surface area contributed by atoms with Crippen LogP contribution in [-0.4, -0.2) is 33.3 Å². The number of ether oxygens (including phenoxy) is 3. The van der Waals surface area contributed by atoms with Crippen LogP contribution < -0.4 is 19.5 Å². The molecule has 2 rings (SSSR count). The van der Waals surface area contributed by atoms with Gasteiger partial charge >= 0.3 is 0 Å². The minimum atomic E-state index is -0.107. The fourth-order valence-corrected chi connectivity index (χ4v) is 2.03. The lowest BCUT2D eigenvalue weighted by molar-refractivity contribution is 0.0916. The zero-order valence-corrected chi connectivity index (χ0v) is 11.5. The zero-order chi connectivity index (χ0) is 13.8. The number of hydrogen-bond acceptors (Lipinski definition) is 4. The van der Waals surface area contributed by atoms with Gasteiger partial charge in [-0.25, -0.2) is 0 Å². The van der Waals surface area contributed by atoms with Crippen molar-refractivity contribution in [3.05, 3.63) is 17.7 Å². The molecule has 0 heterocycles. The van der Waals surface area contributed by atoms with Gasteiger partial charge in [0.15, 0.2) is 11.5 Å². The van der Waals surface area contributed by atoms with Gasteiger partial charge in [0, 0.05) is 11.6 Å². The molecule has 0 atom stereocenters. The standard InChI is InChI=1S/C14H19NO4/c1-17-11-7-9(8-12(18-2)13(11)19-3)14(16)15-10-5-4-6-10/h7-8,10H,4-6H2,1-3H3,(H,15,16). The van der Waals surface area contributed by atoms with E-state index in [0.29, 0.717) is 28.9 Å². The molecule has 19 heavy (non-hydrogen) atoms. The van der Waals surface area contributed by atoms with Gasteiger partial charge in [0.1, 0.15) is 0 Å². The Bertz CT molecular complexity index is 444. The molecule has 5 nitrogen and oxygen atoms in total.